The van der Waals surface area contributed by atoms with Crippen LogP contribution in [0.1, 0.15) is 88.3 Å². The maximum absolute atomic E-state index is 13.2. The molecule has 1 heterocycles. The van der Waals surface area contributed by atoms with Crippen LogP contribution in [-0.2, 0) is 9.59 Å². The summed E-state index contributed by atoms with van der Waals surface area (Å²) in [5.74, 6) is -1.22. The van der Waals surface area contributed by atoms with Crippen LogP contribution >= 0.6 is 0 Å². The van der Waals surface area contributed by atoms with Crippen LogP contribution in [-0.4, -0.2) is 40.3 Å². The molecule has 0 aromatic heterocycles. The number of likely N-dealkylation sites (tertiary alicyclic amines) is 1. The fraction of sp³-hybridized carbons (Fsp3) is 0.467. The minimum absolute atomic E-state index is 0.0623. The van der Waals surface area contributed by atoms with Gasteiger partial charge < -0.3 is 14.7 Å². The molecule has 0 radical (unpaired) electrons. The molecule has 1 amide bonds. The van der Waals surface area contributed by atoms with E-state index in [2.05, 4.69) is 6.92 Å². The molecule has 1 N–H and O–H groups in total. The predicted molar refractivity (Wildman–Crippen MR) is 147 cm³/mol. The Labute approximate surface area is 224 Å². The molecule has 1 fully saturated rings. The molecule has 204 valence electrons. The molecule has 0 spiro atoms. The summed E-state index contributed by atoms with van der Waals surface area (Å²) in [6.45, 7) is 2.54. The summed E-state index contributed by atoms with van der Waals surface area (Å²) in [4.78, 5) is 38.7. The van der Waals surface area contributed by atoms with Crippen LogP contribution in [0.4, 0.5) is 5.69 Å². The number of non-ortho nitro benzene ring substituents is 1. The zero-order valence-electron chi connectivity index (χ0n) is 22.4. The Morgan fingerprint density at radius 3 is 2.13 bits per heavy atom. The lowest BCUT2D eigenvalue weighted by atomic mass is 9.95. The molecule has 1 atom stereocenters. The van der Waals surface area contributed by atoms with E-state index in [0.29, 0.717) is 29.8 Å². The number of hydrogen-bond donors (Lipinski definition) is 1. The first-order chi connectivity index (χ1) is 18.4. The standard InChI is InChI=1S/C30H38N2O6/c1-3-4-5-6-7-8-9-10-11-12-20-31-27(23-14-13-15-24(21-23)32(36)37)26(29(34)30(31)35)28(33)22-16-18-25(38-2)19-17-22/h13-19,21,27,33H,3-12,20H2,1-2H3/b28-26-. The number of benzene rings is 2. The van der Waals surface area contributed by atoms with Gasteiger partial charge in [-0.2, -0.15) is 0 Å². The molecule has 2 aromatic rings. The summed E-state index contributed by atoms with van der Waals surface area (Å²) < 4.78 is 5.17. The number of carbonyl (C=O) groups excluding carboxylic acids is 2. The average molecular weight is 523 g/mol. The Balaban J connectivity index is 1.79. The number of nitrogens with zero attached hydrogens (tertiary/aromatic N) is 2. The maximum Gasteiger partial charge on any atom is 0.295 e. The van der Waals surface area contributed by atoms with Crippen molar-refractivity contribution in [2.45, 2.75) is 77.2 Å². The molecule has 1 aliphatic heterocycles. The highest BCUT2D eigenvalue weighted by Gasteiger charge is 2.46. The van der Waals surface area contributed by atoms with Crippen molar-refractivity contribution < 1.29 is 24.4 Å². The fourth-order valence-corrected chi connectivity index (χ4v) is 4.94. The van der Waals surface area contributed by atoms with Crippen LogP contribution in [0.5, 0.6) is 5.75 Å². The van der Waals surface area contributed by atoms with Crippen molar-refractivity contribution in [1.82, 2.24) is 4.90 Å². The molecule has 8 nitrogen and oxygen atoms in total. The van der Waals surface area contributed by atoms with Gasteiger partial charge in [-0.05, 0) is 36.2 Å². The van der Waals surface area contributed by atoms with E-state index in [-0.39, 0.29) is 17.0 Å². The van der Waals surface area contributed by atoms with Gasteiger partial charge in [0, 0.05) is 24.2 Å². The Bertz CT molecular complexity index is 1140. The highest BCUT2D eigenvalue weighted by Crippen LogP contribution is 2.40. The number of nitro benzene ring substituents is 1. The van der Waals surface area contributed by atoms with Crippen LogP contribution in [0, 0.1) is 10.1 Å². The van der Waals surface area contributed by atoms with Gasteiger partial charge in [-0.25, -0.2) is 0 Å². The third kappa shape index (κ3) is 7.21. The number of aliphatic hydroxyl groups is 1. The molecule has 2 aromatic carbocycles. The average Bonchev–Trinajstić information content (AvgIpc) is 3.18. The second-order valence-corrected chi connectivity index (χ2v) is 9.76. The summed E-state index contributed by atoms with van der Waals surface area (Å²) in [5, 5.41) is 22.6. The van der Waals surface area contributed by atoms with E-state index in [4.69, 9.17) is 4.74 Å². The molecule has 1 saturated heterocycles. The Morgan fingerprint density at radius 2 is 1.55 bits per heavy atom. The molecular formula is C30H38N2O6. The Morgan fingerprint density at radius 1 is 0.947 bits per heavy atom. The summed E-state index contributed by atoms with van der Waals surface area (Å²) in [6, 6.07) is 11.5. The lowest BCUT2D eigenvalue weighted by Crippen LogP contribution is -2.30. The van der Waals surface area contributed by atoms with Crippen LogP contribution in [0.2, 0.25) is 0 Å². The first-order valence-corrected chi connectivity index (χ1v) is 13.6. The number of unbranched alkanes of at least 4 members (excludes halogenated alkanes) is 9. The van der Waals surface area contributed by atoms with Gasteiger partial charge in [0.2, 0.25) is 0 Å². The number of carbonyl (C=O) groups is 2. The quantitative estimate of drug-likeness (QED) is 0.0677. The van der Waals surface area contributed by atoms with Gasteiger partial charge in [0.25, 0.3) is 17.4 Å². The van der Waals surface area contributed by atoms with E-state index in [9.17, 15) is 24.8 Å². The van der Waals surface area contributed by atoms with E-state index in [1.165, 1.54) is 68.7 Å². The second kappa shape index (κ2) is 14.3. The van der Waals surface area contributed by atoms with Crippen molar-refractivity contribution in [2.24, 2.45) is 0 Å². The van der Waals surface area contributed by atoms with Crippen molar-refractivity contribution in [3.05, 3.63) is 75.3 Å². The highest BCUT2D eigenvalue weighted by atomic mass is 16.6. The van der Waals surface area contributed by atoms with E-state index in [1.807, 2.05) is 0 Å². The minimum Gasteiger partial charge on any atom is -0.507 e. The van der Waals surface area contributed by atoms with Crippen LogP contribution in [0.3, 0.4) is 0 Å². The third-order valence-electron chi connectivity index (χ3n) is 7.05. The van der Waals surface area contributed by atoms with E-state index in [0.717, 1.165) is 19.3 Å². The first kappa shape index (κ1) is 28.9. The van der Waals surface area contributed by atoms with Crippen molar-refractivity contribution in [1.29, 1.82) is 0 Å². The lowest BCUT2D eigenvalue weighted by Gasteiger charge is -2.25. The largest absolute Gasteiger partial charge is 0.507 e. The topological polar surface area (TPSA) is 110 Å². The molecule has 8 heteroatoms. The zero-order chi connectivity index (χ0) is 27.5. The molecular weight excluding hydrogens is 484 g/mol. The van der Waals surface area contributed by atoms with Crippen molar-refractivity contribution >= 4 is 23.1 Å². The summed E-state index contributed by atoms with van der Waals surface area (Å²) in [5.41, 5.74) is 0.572. The number of methoxy groups -OCH3 is 1. The number of amides is 1. The van der Waals surface area contributed by atoms with Gasteiger partial charge in [-0.15, -0.1) is 0 Å². The van der Waals surface area contributed by atoms with E-state index in [1.54, 1.807) is 30.3 Å². The molecule has 0 saturated carbocycles. The number of ketones is 1. The fourth-order valence-electron chi connectivity index (χ4n) is 4.94. The number of rotatable bonds is 15. The van der Waals surface area contributed by atoms with Crippen LogP contribution in [0.15, 0.2) is 54.1 Å². The van der Waals surface area contributed by atoms with E-state index < -0.39 is 22.7 Å². The summed E-state index contributed by atoms with van der Waals surface area (Å²) >= 11 is 0. The monoisotopic (exact) mass is 522 g/mol. The molecule has 0 bridgehead atoms. The molecule has 3 rings (SSSR count). The van der Waals surface area contributed by atoms with Crippen molar-refractivity contribution in [3.8, 4) is 5.75 Å². The van der Waals surface area contributed by atoms with Crippen LogP contribution in [0.25, 0.3) is 5.76 Å². The number of nitro groups is 1. The second-order valence-electron chi connectivity index (χ2n) is 9.76. The van der Waals surface area contributed by atoms with Gasteiger partial charge in [-0.3, -0.25) is 19.7 Å². The van der Waals surface area contributed by atoms with Gasteiger partial charge >= 0.3 is 0 Å². The minimum atomic E-state index is -0.907. The number of ether oxygens (including phenoxy) is 1. The Kier molecular flexibility index (Phi) is 10.9. The highest BCUT2D eigenvalue weighted by molar-refractivity contribution is 6.46. The molecule has 38 heavy (non-hydrogen) atoms. The number of hydrogen-bond acceptors (Lipinski definition) is 6. The first-order valence-electron chi connectivity index (χ1n) is 13.6. The number of aliphatic hydroxyl groups excluding tert-OH is 1. The molecule has 1 aliphatic rings. The van der Waals surface area contributed by atoms with Gasteiger partial charge in [0.15, 0.2) is 0 Å². The predicted octanol–water partition coefficient (Wildman–Crippen LogP) is 6.95. The third-order valence-corrected chi connectivity index (χ3v) is 7.05. The van der Waals surface area contributed by atoms with Crippen LogP contribution < -0.4 is 4.74 Å². The molecule has 0 aliphatic carbocycles. The maximum atomic E-state index is 13.2. The van der Waals surface area contributed by atoms with Gasteiger partial charge in [-0.1, -0.05) is 76.8 Å². The van der Waals surface area contributed by atoms with Crippen molar-refractivity contribution in [3.63, 3.8) is 0 Å². The van der Waals surface area contributed by atoms with E-state index >= 15 is 0 Å². The smallest absolute Gasteiger partial charge is 0.295 e. The lowest BCUT2D eigenvalue weighted by molar-refractivity contribution is -0.384. The zero-order valence-corrected chi connectivity index (χ0v) is 22.4. The van der Waals surface area contributed by atoms with Crippen molar-refractivity contribution in [2.75, 3.05) is 13.7 Å². The van der Waals surface area contributed by atoms with Gasteiger partial charge in [0.05, 0.1) is 23.6 Å². The number of Topliss-reactive ketones (excluding diaryl/α,β-unsaturated/α-hetero) is 1. The summed E-state index contributed by atoms with van der Waals surface area (Å²) in [6.07, 6.45) is 11.3. The van der Waals surface area contributed by atoms with Gasteiger partial charge in [0.1, 0.15) is 11.5 Å². The SMILES string of the molecule is CCCCCCCCCCCCN1C(=O)C(=O)/C(=C(\O)c2ccc(OC)cc2)C1c1cccc([N+](=O)[O-])c1. The normalized spacial score (nSPS) is 16.7. The summed E-state index contributed by atoms with van der Waals surface area (Å²) in [7, 11) is 1.52. The molecule has 1 unspecified atom stereocenters. The Hall–Kier alpha value is -3.68.